The molecule has 3 aliphatic rings. The van der Waals surface area contributed by atoms with Crippen LogP contribution in [0.3, 0.4) is 0 Å². The van der Waals surface area contributed by atoms with Crippen molar-refractivity contribution in [1.82, 2.24) is 5.32 Å². The number of ether oxygens (including phenoxy) is 1. The molecular formula is C12H21NO3. The Kier molecular flexibility index (Phi) is 2.51. The number of hydrogen-bond acceptors (Lipinski definition) is 4. The minimum atomic E-state index is -0.727. The van der Waals surface area contributed by atoms with Gasteiger partial charge < -0.3 is 20.3 Å². The lowest BCUT2D eigenvalue weighted by atomic mass is 9.65. The SMILES string of the molecule is OCC1(C2(O)CC3CCC(C2)N3)CCOC1. The van der Waals surface area contributed by atoms with E-state index in [1.54, 1.807) is 0 Å². The Hall–Kier alpha value is -0.160. The predicted octanol–water partition coefficient (Wildman–Crippen LogP) is 0.0309. The van der Waals surface area contributed by atoms with Crippen LogP contribution in [0.2, 0.25) is 0 Å². The van der Waals surface area contributed by atoms with Crippen LogP contribution in [0.5, 0.6) is 0 Å². The molecule has 3 N–H and O–H groups in total. The molecule has 0 saturated carbocycles. The van der Waals surface area contributed by atoms with Crippen LogP contribution in [0.4, 0.5) is 0 Å². The van der Waals surface area contributed by atoms with Crippen LogP contribution < -0.4 is 5.32 Å². The number of nitrogens with one attached hydrogen (secondary N) is 1. The summed E-state index contributed by atoms with van der Waals surface area (Å²) in [6.07, 6.45) is 4.66. The molecule has 3 unspecified atom stereocenters. The molecule has 3 heterocycles. The molecule has 0 aromatic carbocycles. The zero-order valence-corrected chi connectivity index (χ0v) is 9.61. The van der Waals surface area contributed by atoms with Crippen LogP contribution in [0, 0.1) is 5.41 Å². The van der Waals surface area contributed by atoms with E-state index in [0.29, 0.717) is 25.3 Å². The third kappa shape index (κ3) is 1.44. The highest BCUT2D eigenvalue weighted by Crippen LogP contribution is 2.48. The first-order valence-corrected chi connectivity index (χ1v) is 6.35. The molecule has 0 radical (unpaired) electrons. The van der Waals surface area contributed by atoms with E-state index in [2.05, 4.69) is 5.32 Å². The summed E-state index contributed by atoms with van der Waals surface area (Å²) in [5, 5.41) is 24.1. The molecule has 0 aliphatic carbocycles. The standard InChI is InChI=1S/C12H21NO3/c14-7-11(3-4-16-8-11)12(15)5-9-1-2-10(6-12)13-9/h9-10,13-15H,1-8H2. The Labute approximate surface area is 96.0 Å². The second-order valence-electron chi connectivity index (χ2n) is 5.82. The van der Waals surface area contributed by atoms with Crippen LogP contribution in [0.15, 0.2) is 0 Å². The number of piperidine rings is 1. The van der Waals surface area contributed by atoms with Crippen molar-refractivity contribution in [3.63, 3.8) is 0 Å². The fourth-order valence-electron chi connectivity index (χ4n) is 3.80. The van der Waals surface area contributed by atoms with E-state index >= 15 is 0 Å². The van der Waals surface area contributed by atoms with Gasteiger partial charge in [0, 0.05) is 24.1 Å². The van der Waals surface area contributed by atoms with Gasteiger partial charge in [0.1, 0.15) is 0 Å². The van der Waals surface area contributed by atoms with Crippen molar-refractivity contribution in [3.05, 3.63) is 0 Å². The first-order valence-electron chi connectivity index (χ1n) is 6.35. The number of hydrogen-bond donors (Lipinski definition) is 3. The average Bonchev–Trinajstić information content (AvgIpc) is 2.86. The topological polar surface area (TPSA) is 61.7 Å². The molecule has 3 aliphatic heterocycles. The molecule has 16 heavy (non-hydrogen) atoms. The maximum atomic E-state index is 10.9. The minimum Gasteiger partial charge on any atom is -0.396 e. The lowest BCUT2D eigenvalue weighted by molar-refractivity contribution is -0.135. The van der Waals surface area contributed by atoms with Gasteiger partial charge in [-0.3, -0.25) is 0 Å². The van der Waals surface area contributed by atoms with Crippen molar-refractivity contribution in [2.45, 2.75) is 49.8 Å². The molecule has 3 fully saturated rings. The lowest BCUT2D eigenvalue weighted by Gasteiger charge is -2.48. The summed E-state index contributed by atoms with van der Waals surface area (Å²) in [6, 6.07) is 0.876. The molecule has 0 amide bonds. The first-order chi connectivity index (χ1) is 7.67. The Morgan fingerprint density at radius 2 is 1.94 bits per heavy atom. The Balaban J connectivity index is 1.86. The fourth-order valence-corrected chi connectivity index (χ4v) is 3.80. The summed E-state index contributed by atoms with van der Waals surface area (Å²) < 4.78 is 5.42. The first kappa shape index (κ1) is 11.0. The Morgan fingerprint density at radius 3 is 2.44 bits per heavy atom. The summed E-state index contributed by atoms with van der Waals surface area (Å²) in [7, 11) is 0. The van der Waals surface area contributed by atoms with Gasteiger partial charge in [-0.25, -0.2) is 0 Å². The van der Waals surface area contributed by atoms with E-state index < -0.39 is 11.0 Å². The molecular weight excluding hydrogens is 206 g/mol. The van der Waals surface area contributed by atoms with Crippen LogP contribution in [-0.4, -0.2) is 47.7 Å². The monoisotopic (exact) mass is 227 g/mol. The van der Waals surface area contributed by atoms with Crippen molar-refractivity contribution < 1.29 is 14.9 Å². The average molecular weight is 227 g/mol. The quantitative estimate of drug-likeness (QED) is 0.623. The van der Waals surface area contributed by atoms with E-state index in [4.69, 9.17) is 4.74 Å². The van der Waals surface area contributed by atoms with Crippen LogP contribution in [0.1, 0.15) is 32.1 Å². The summed E-state index contributed by atoms with van der Waals surface area (Å²) >= 11 is 0. The maximum Gasteiger partial charge on any atom is 0.0778 e. The Bertz CT molecular complexity index is 263. The summed E-state index contributed by atoms with van der Waals surface area (Å²) in [4.78, 5) is 0. The van der Waals surface area contributed by atoms with Gasteiger partial charge in [-0.1, -0.05) is 0 Å². The van der Waals surface area contributed by atoms with Gasteiger partial charge in [0.05, 0.1) is 18.8 Å². The number of fused-ring (bicyclic) bond motifs is 2. The van der Waals surface area contributed by atoms with E-state index in [9.17, 15) is 10.2 Å². The molecule has 0 aromatic heterocycles. The molecule has 4 heteroatoms. The van der Waals surface area contributed by atoms with Gasteiger partial charge in [0.2, 0.25) is 0 Å². The largest absolute Gasteiger partial charge is 0.396 e. The van der Waals surface area contributed by atoms with Gasteiger partial charge in [-0.2, -0.15) is 0 Å². The normalized spacial score (nSPS) is 52.1. The van der Waals surface area contributed by atoms with E-state index in [1.807, 2.05) is 0 Å². The zero-order valence-electron chi connectivity index (χ0n) is 9.61. The van der Waals surface area contributed by atoms with E-state index in [0.717, 1.165) is 32.1 Å². The molecule has 2 bridgehead atoms. The highest BCUT2D eigenvalue weighted by Gasteiger charge is 2.56. The summed E-state index contributed by atoms with van der Waals surface area (Å²) in [5.41, 5.74) is -1.13. The van der Waals surface area contributed by atoms with Gasteiger partial charge >= 0.3 is 0 Å². The summed E-state index contributed by atoms with van der Waals surface area (Å²) in [6.45, 7) is 1.23. The third-order valence-electron chi connectivity index (χ3n) is 4.90. The van der Waals surface area contributed by atoms with Gasteiger partial charge in [0.25, 0.3) is 0 Å². The molecule has 0 spiro atoms. The van der Waals surface area contributed by atoms with E-state index in [1.165, 1.54) is 0 Å². The number of aliphatic hydroxyl groups is 2. The zero-order chi connectivity index (χ0) is 11.2. The van der Waals surface area contributed by atoms with Crippen molar-refractivity contribution >= 4 is 0 Å². The number of rotatable bonds is 2. The van der Waals surface area contributed by atoms with Crippen LogP contribution in [-0.2, 0) is 4.74 Å². The fraction of sp³-hybridized carbons (Fsp3) is 1.00. The minimum absolute atomic E-state index is 0.0446. The second-order valence-corrected chi connectivity index (χ2v) is 5.82. The van der Waals surface area contributed by atoms with Crippen molar-refractivity contribution in [2.75, 3.05) is 19.8 Å². The Morgan fingerprint density at radius 1 is 1.25 bits per heavy atom. The maximum absolute atomic E-state index is 10.9. The predicted molar refractivity (Wildman–Crippen MR) is 59.1 cm³/mol. The van der Waals surface area contributed by atoms with Crippen LogP contribution in [0.25, 0.3) is 0 Å². The third-order valence-corrected chi connectivity index (χ3v) is 4.90. The van der Waals surface area contributed by atoms with E-state index in [-0.39, 0.29) is 6.61 Å². The number of aliphatic hydroxyl groups excluding tert-OH is 1. The second kappa shape index (κ2) is 3.67. The molecule has 3 rings (SSSR count). The highest BCUT2D eigenvalue weighted by molar-refractivity contribution is 5.09. The van der Waals surface area contributed by atoms with Crippen molar-refractivity contribution in [3.8, 4) is 0 Å². The van der Waals surface area contributed by atoms with Gasteiger partial charge in [-0.05, 0) is 32.1 Å². The lowest BCUT2D eigenvalue weighted by Crippen LogP contribution is -2.59. The molecule has 92 valence electrons. The molecule has 0 aromatic rings. The highest BCUT2D eigenvalue weighted by atomic mass is 16.5. The smallest absolute Gasteiger partial charge is 0.0778 e. The van der Waals surface area contributed by atoms with Gasteiger partial charge in [-0.15, -0.1) is 0 Å². The van der Waals surface area contributed by atoms with Crippen LogP contribution >= 0.6 is 0 Å². The van der Waals surface area contributed by atoms with Gasteiger partial charge in [0.15, 0.2) is 0 Å². The van der Waals surface area contributed by atoms with Crippen molar-refractivity contribution in [1.29, 1.82) is 0 Å². The summed E-state index contributed by atoms with van der Waals surface area (Å²) in [5.74, 6) is 0. The van der Waals surface area contributed by atoms with Crippen molar-refractivity contribution in [2.24, 2.45) is 5.41 Å². The molecule has 4 nitrogen and oxygen atoms in total. The molecule has 3 atom stereocenters. The molecule has 3 saturated heterocycles.